The molecule has 0 bridgehead atoms. The number of Topliss-reactive ketones (excluding diaryl/α,β-unsaturated/α-hetero) is 2. The number of nitrogens with one attached hydrogen (secondary N) is 1. The van der Waals surface area contributed by atoms with Crippen LogP contribution in [0.15, 0.2) is 54.6 Å². The van der Waals surface area contributed by atoms with Crippen molar-refractivity contribution in [2.45, 2.75) is 52.7 Å². The van der Waals surface area contributed by atoms with Crippen LogP contribution in [0.1, 0.15) is 66.9 Å². The van der Waals surface area contributed by atoms with Gasteiger partial charge in [-0.15, -0.1) is 0 Å². The summed E-state index contributed by atoms with van der Waals surface area (Å²) in [5.41, 5.74) is 1.22. The summed E-state index contributed by atoms with van der Waals surface area (Å²) in [6.07, 6.45) is 0. The summed E-state index contributed by atoms with van der Waals surface area (Å²) in [5, 5.41) is 2.67. The van der Waals surface area contributed by atoms with Crippen LogP contribution in [0.25, 0.3) is 0 Å². The minimum Gasteiger partial charge on any atom is -0.343 e. The van der Waals surface area contributed by atoms with Crippen LogP contribution < -0.4 is 5.32 Å². The molecule has 2 aromatic rings. The molecule has 0 aromatic heterocycles. The summed E-state index contributed by atoms with van der Waals surface area (Å²) in [5.74, 6) is -2.66. The zero-order valence-electron chi connectivity index (χ0n) is 18.0. The van der Waals surface area contributed by atoms with Crippen molar-refractivity contribution in [1.82, 2.24) is 10.2 Å². The molecule has 0 aliphatic rings. The van der Waals surface area contributed by atoms with E-state index in [4.69, 9.17) is 0 Å². The van der Waals surface area contributed by atoms with Gasteiger partial charge in [0.15, 0.2) is 0 Å². The van der Waals surface area contributed by atoms with Crippen molar-refractivity contribution in [1.29, 1.82) is 0 Å². The first-order valence-corrected chi connectivity index (χ1v) is 10.0. The Bertz CT molecular complexity index is 910. The lowest BCUT2D eigenvalue weighted by Gasteiger charge is -2.30. The van der Waals surface area contributed by atoms with Crippen molar-refractivity contribution in [2.24, 2.45) is 0 Å². The van der Waals surface area contributed by atoms with E-state index in [2.05, 4.69) is 5.32 Å². The van der Waals surface area contributed by atoms with E-state index in [0.717, 1.165) is 5.56 Å². The van der Waals surface area contributed by atoms with Crippen LogP contribution in [0.5, 0.6) is 0 Å². The Morgan fingerprint density at radius 3 is 1.63 bits per heavy atom. The predicted molar refractivity (Wildman–Crippen MR) is 115 cm³/mol. The highest BCUT2D eigenvalue weighted by atomic mass is 16.2. The van der Waals surface area contributed by atoms with Gasteiger partial charge in [-0.1, -0.05) is 54.6 Å². The maximum absolute atomic E-state index is 12.6. The summed E-state index contributed by atoms with van der Waals surface area (Å²) >= 11 is 0. The molecule has 0 aliphatic heterocycles. The molecule has 0 radical (unpaired) electrons. The molecule has 1 atom stereocenters. The predicted octanol–water partition coefficient (Wildman–Crippen LogP) is 3.57. The van der Waals surface area contributed by atoms with Crippen LogP contribution in [-0.4, -0.2) is 40.4 Å². The molecule has 0 aliphatic carbocycles. The molecule has 1 N–H and O–H groups in total. The molecule has 2 amide bonds. The second-order valence-corrected chi connectivity index (χ2v) is 7.74. The van der Waals surface area contributed by atoms with E-state index >= 15 is 0 Å². The standard InChI is InChI=1S/C24H28N2O4/c1-15(2)26(16(3)4)24(30)22(28)20-13-11-19(12-14-20)21(27)23(29)25-17(5)18-9-7-6-8-10-18/h6-17H,1-5H3,(H,25,29)/t17-/m1/s1. The van der Waals surface area contributed by atoms with Gasteiger partial charge < -0.3 is 10.2 Å². The molecule has 0 unspecified atom stereocenters. The van der Waals surface area contributed by atoms with Gasteiger partial charge in [0.05, 0.1) is 6.04 Å². The van der Waals surface area contributed by atoms with E-state index in [1.54, 1.807) is 6.92 Å². The third-order valence-corrected chi connectivity index (χ3v) is 4.80. The smallest absolute Gasteiger partial charge is 0.295 e. The van der Waals surface area contributed by atoms with E-state index in [-0.39, 0.29) is 29.3 Å². The number of benzene rings is 2. The van der Waals surface area contributed by atoms with E-state index in [1.165, 1.54) is 29.2 Å². The first-order valence-electron chi connectivity index (χ1n) is 10.0. The zero-order chi connectivity index (χ0) is 22.4. The molecule has 0 saturated heterocycles. The molecule has 6 heteroatoms. The second kappa shape index (κ2) is 9.96. The van der Waals surface area contributed by atoms with Gasteiger partial charge in [0.25, 0.3) is 11.8 Å². The average Bonchev–Trinajstić information content (AvgIpc) is 2.72. The fraction of sp³-hybridized carbons (Fsp3) is 0.333. The van der Waals surface area contributed by atoms with Gasteiger partial charge in [0.1, 0.15) is 0 Å². The Labute approximate surface area is 177 Å². The molecule has 0 saturated carbocycles. The van der Waals surface area contributed by atoms with Crippen molar-refractivity contribution in [2.75, 3.05) is 0 Å². The highest BCUT2D eigenvalue weighted by molar-refractivity contribution is 6.44. The number of carbonyl (C=O) groups is 4. The molecular weight excluding hydrogens is 380 g/mol. The van der Waals surface area contributed by atoms with Crippen LogP contribution in [0.4, 0.5) is 0 Å². The van der Waals surface area contributed by atoms with Crippen molar-refractivity contribution in [3.05, 3.63) is 71.3 Å². The van der Waals surface area contributed by atoms with Crippen molar-refractivity contribution in [3.63, 3.8) is 0 Å². The number of rotatable bonds is 8. The van der Waals surface area contributed by atoms with Gasteiger partial charge in [-0.3, -0.25) is 19.2 Å². The Hall–Kier alpha value is -3.28. The third-order valence-electron chi connectivity index (χ3n) is 4.80. The number of ketones is 2. The second-order valence-electron chi connectivity index (χ2n) is 7.74. The highest BCUT2D eigenvalue weighted by Crippen LogP contribution is 2.14. The fourth-order valence-electron chi connectivity index (χ4n) is 3.30. The van der Waals surface area contributed by atoms with Gasteiger partial charge in [-0.05, 0) is 40.2 Å². The highest BCUT2D eigenvalue weighted by Gasteiger charge is 2.27. The van der Waals surface area contributed by atoms with Crippen LogP contribution in [-0.2, 0) is 9.59 Å². The van der Waals surface area contributed by atoms with Crippen LogP contribution in [0.3, 0.4) is 0 Å². The Balaban J connectivity index is 2.09. The molecule has 2 rings (SSSR count). The van der Waals surface area contributed by atoms with Gasteiger partial charge >= 0.3 is 0 Å². The number of amides is 2. The summed E-state index contributed by atoms with van der Waals surface area (Å²) in [7, 11) is 0. The van der Waals surface area contributed by atoms with Crippen LogP contribution in [0.2, 0.25) is 0 Å². The van der Waals surface area contributed by atoms with Crippen LogP contribution in [0, 0.1) is 0 Å². The molecule has 0 fully saturated rings. The van der Waals surface area contributed by atoms with E-state index in [0.29, 0.717) is 0 Å². The number of hydrogen-bond donors (Lipinski definition) is 1. The lowest BCUT2D eigenvalue weighted by Crippen LogP contribution is -2.45. The largest absolute Gasteiger partial charge is 0.343 e. The topological polar surface area (TPSA) is 83.6 Å². The first kappa shape index (κ1) is 23.0. The molecule has 6 nitrogen and oxygen atoms in total. The quantitative estimate of drug-likeness (QED) is 0.535. The molecule has 2 aromatic carbocycles. The van der Waals surface area contributed by atoms with E-state index < -0.39 is 23.4 Å². The summed E-state index contributed by atoms with van der Waals surface area (Å²) in [4.78, 5) is 51.4. The SMILES string of the molecule is CC(C)N(C(=O)C(=O)c1ccc(C(=O)C(=O)N[C@H](C)c2ccccc2)cc1)C(C)C. The maximum atomic E-state index is 12.6. The number of hydrogen-bond acceptors (Lipinski definition) is 4. The monoisotopic (exact) mass is 408 g/mol. The molecule has 0 spiro atoms. The molecule has 0 heterocycles. The van der Waals surface area contributed by atoms with E-state index in [1.807, 2.05) is 58.0 Å². The zero-order valence-corrected chi connectivity index (χ0v) is 18.0. The third kappa shape index (κ3) is 5.41. The lowest BCUT2D eigenvalue weighted by atomic mass is 10.0. The fourth-order valence-corrected chi connectivity index (χ4v) is 3.30. The van der Waals surface area contributed by atoms with Crippen LogP contribution >= 0.6 is 0 Å². The number of nitrogens with zero attached hydrogens (tertiary/aromatic N) is 1. The summed E-state index contributed by atoms with van der Waals surface area (Å²) in [6.45, 7) is 9.19. The van der Waals surface area contributed by atoms with Crippen molar-refractivity contribution in [3.8, 4) is 0 Å². The Morgan fingerprint density at radius 1 is 0.700 bits per heavy atom. The van der Waals surface area contributed by atoms with Gasteiger partial charge in [-0.2, -0.15) is 0 Å². The summed E-state index contributed by atoms with van der Waals surface area (Å²) in [6, 6.07) is 14.4. The normalized spacial score (nSPS) is 11.8. The van der Waals surface area contributed by atoms with E-state index in [9.17, 15) is 19.2 Å². The Morgan fingerprint density at radius 2 is 1.17 bits per heavy atom. The first-order chi connectivity index (χ1) is 14.1. The maximum Gasteiger partial charge on any atom is 0.295 e. The minimum absolute atomic E-state index is 0.113. The molecule has 158 valence electrons. The van der Waals surface area contributed by atoms with Gasteiger partial charge in [0, 0.05) is 23.2 Å². The van der Waals surface area contributed by atoms with Crippen molar-refractivity contribution < 1.29 is 19.2 Å². The average molecular weight is 408 g/mol. The van der Waals surface area contributed by atoms with Gasteiger partial charge in [0.2, 0.25) is 11.6 Å². The van der Waals surface area contributed by atoms with Gasteiger partial charge in [-0.25, -0.2) is 0 Å². The van der Waals surface area contributed by atoms with Crippen molar-refractivity contribution >= 4 is 23.4 Å². The lowest BCUT2D eigenvalue weighted by molar-refractivity contribution is -0.129. The molecular formula is C24H28N2O4. The Kier molecular flexibility index (Phi) is 7.64. The number of carbonyl (C=O) groups excluding carboxylic acids is 4. The summed E-state index contributed by atoms with van der Waals surface area (Å²) < 4.78 is 0. The minimum atomic E-state index is -0.729. The molecule has 30 heavy (non-hydrogen) atoms.